The molecule has 3 aromatic carbocycles. The zero-order valence-electron chi connectivity index (χ0n) is 25.1. The number of nitrogens with one attached hydrogen (secondary N) is 3. The Morgan fingerprint density at radius 1 is 0.773 bits per heavy atom. The molecule has 0 saturated carbocycles. The number of hydrogen-bond donors (Lipinski definition) is 4. The molecular weight excluding hydrogens is 554 g/mol. The van der Waals surface area contributed by atoms with Crippen molar-refractivity contribution in [3.63, 3.8) is 0 Å². The largest absolute Gasteiger partial charge is 0.494 e. The van der Waals surface area contributed by atoms with Gasteiger partial charge in [-0.1, -0.05) is 60.2 Å². The molecule has 228 valence electrons. The summed E-state index contributed by atoms with van der Waals surface area (Å²) >= 11 is 0. The summed E-state index contributed by atoms with van der Waals surface area (Å²) in [6, 6.07) is 25.7. The predicted molar refractivity (Wildman–Crippen MR) is 170 cm³/mol. The number of rotatable bonds is 14. The van der Waals surface area contributed by atoms with Crippen LogP contribution >= 0.6 is 0 Å². The lowest BCUT2D eigenvalue weighted by Crippen LogP contribution is -2.55. The van der Waals surface area contributed by atoms with Crippen molar-refractivity contribution < 1.29 is 19.1 Å². The van der Waals surface area contributed by atoms with Crippen LogP contribution in [-0.4, -0.2) is 41.4 Å². The predicted octanol–water partition coefficient (Wildman–Crippen LogP) is 3.63. The molecule has 0 bridgehead atoms. The van der Waals surface area contributed by atoms with Gasteiger partial charge in [0.1, 0.15) is 17.8 Å². The van der Waals surface area contributed by atoms with Crippen LogP contribution < -0.4 is 26.4 Å². The molecule has 0 fully saturated rings. The fraction of sp³-hybridized carbons (Fsp3) is 0.257. The Kier molecular flexibility index (Phi) is 11.6. The number of carbonyl (C=O) groups is 3. The summed E-state index contributed by atoms with van der Waals surface area (Å²) in [6.07, 6.45) is 2.02. The molecule has 0 aliphatic carbocycles. The highest BCUT2D eigenvalue weighted by Crippen LogP contribution is 2.15. The Morgan fingerprint density at radius 2 is 1.43 bits per heavy atom. The first kappa shape index (κ1) is 31.9. The van der Waals surface area contributed by atoms with Gasteiger partial charge in [-0.2, -0.15) is 0 Å². The molecule has 0 radical (unpaired) electrons. The van der Waals surface area contributed by atoms with E-state index in [0.29, 0.717) is 30.2 Å². The van der Waals surface area contributed by atoms with Crippen LogP contribution in [0, 0.1) is 6.92 Å². The highest BCUT2D eigenvalue weighted by molar-refractivity contribution is 5.98. The van der Waals surface area contributed by atoms with Crippen molar-refractivity contribution >= 4 is 17.7 Å². The van der Waals surface area contributed by atoms with Gasteiger partial charge in [0.25, 0.3) is 5.91 Å². The average Bonchev–Trinajstić information content (AvgIpc) is 3.05. The zero-order valence-corrected chi connectivity index (χ0v) is 25.1. The van der Waals surface area contributed by atoms with Crippen molar-refractivity contribution in [2.24, 2.45) is 5.73 Å². The van der Waals surface area contributed by atoms with Crippen LogP contribution in [0.4, 0.5) is 0 Å². The molecule has 0 aliphatic rings. The van der Waals surface area contributed by atoms with Crippen LogP contribution in [0.2, 0.25) is 0 Å². The summed E-state index contributed by atoms with van der Waals surface area (Å²) in [6.45, 7) is 5.09. The number of benzene rings is 3. The summed E-state index contributed by atoms with van der Waals surface area (Å²) in [5.41, 5.74) is 10.5. The number of aryl methyl sites for hydroxylation is 1. The second-order valence-corrected chi connectivity index (χ2v) is 10.5. The van der Waals surface area contributed by atoms with Crippen LogP contribution in [0.5, 0.6) is 5.75 Å². The van der Waals surface area contributed by atoms with Gasteiger partial charge < -0.3 is 26.4 Å². The van der Waals surface area contributed by atoms with Gasteiger partial charge in [0, 0.05) is 43.4 Å². The zero-order chi connectivity index (χ0) is 31.3. The van der Waals surface area contributed by atoms with Crippen molar-refractivity contribution in [2.45, 2.75) is 51.9 Å². The molecule has 3 amide bonds. The van der Waals surface area contributed by atoms with Crippen molar-refractivity contribution in [2.75, 3.05) is 6.61 Å². The standard InChI is InChI=1S/C35H39N5O4/c1-3-44-30-17-13-25(14-18-30)20-31(39-33(41)28-15-7-24(2)8-16-28)35(43)40-32(21-29-6-4-5-19-37-29)34(42)38-23-27-11-9-26(22-36)10-12-27/h4-19,31-32H,3,20-23,36H2,1-2H3,(H,38,42)(H,39,41)(H,40,43)/t31-,32+/m1/s1. The minimum atomic E-state index is -0.954. The Labute approximate surface area is 258 Å². The maximum atomic E-state index is 13.8. The topological polar surface area (TPSA) is 135 Å². The smallest absolute Gasteiger partial charge is 0.251 e. The molecule has 0 aliphatic heterocycles. The van der Waals surface area contributed by atoms with Crippen LogP contribution in [0.1, 0.15) is 45.2 Å². The van der Waals surface area contributed by atoms with E-state index in [4.69, 9.17) is 10.5 Å². The number of nitrogens with two attached hydrogens (primary N) is 1. The molecule has 4 rings (SSSR count). The van der Waals surface area contributed by atoms with E-state index < -0.39 is 18.0 Å². The summed E-state index contributed by atoms with van der Waals surface area (Å²) in [5, 5.41) is 8.70. The molecule has 2 atom stereocenters. The maximum Gasteiger partial charge on any atom is 0.251 e. The lowest BCUT2D eigenvalue weighted by molar-refractivity contribution is -0.130. The van der Waals surface area contributed by atoms with E-state index in [1.54, 1.807) is 30.5 Å². The van der Waals surface area contributed by atoms with E-state index in [1.165, 1.54) is 0 Å². The molecule has 0 unspecified atom stereocenters. The highest BCUT2D eigenvalue weighted by atomic mass is 16.5. The highest BCUT2D eigenvalue weighted by Gasteiger charge is 2.28. The number of nitrogens with zero attached hydrogens (tertiary/aromatic N) is 1. The van der Waals surface area contributed by atoms with Gasteiger partial charge in [-0.3, -0.25) is 19.4 Å². The summed E-state index contributed by atoms with van der Waals surface area (Å²) in [5.74, 6) is -0.521. The first-order valence-corrected chi connectivity index (χ1v) is 14.7. The fourth-order valence-electron chi connectivity index (χ4n) is 4.60. The van der Waals surface area contributed by atoms with Crippen molar-refractivity contribution in [3.05, 3.63) is 131 Å². The van der Waals surface area contributed by atoms with Crippen molar-refractivity contribution in [3.8, 4) is 5.75 Å². The minimum absolute atomic E-state index is 0.173. The van der Waals surface area contributed by atoms with Gasteiger partial charge in [-0.15, -0.1) is 0 Å². The van der Waals surface area contributed by atoms with Crippen LogP contribution in [0.3, 0.4) is 0 Å². The van der Waals surface area contributed by atoms with E-state index in [0.717, 1.165) is 22.3 Å². The molecule has 4 aromatic rings. The number of carbonyl (C=O) groups excluding carboxylic acids is 3. The van der Waals surface area contributed by atoms with Gasteiger partial charge >= 0.3 is 0 Å². The van der Waals surface area contributed by atoms with Crippen molar-refractivity contribution in [1.82, 2.24) is 20.9 Å². The number of hydrogen-bond acceptors (Lipinski definition) is 6. The van der Waals surface area contributed by atoms with Gasteiger partial charge in [-0.05, 0) is 66.9 Å². The van der Waals surface area contributed by atoms with Crippen LogP contribution in [-0.2, 0) is 35.5 Å². The van der Waals surface area contributed by atoms with E-state index in [-0.39, 0.29) is 31.2 Å². The minimum Gasteiger partial charge on any atom is -0.494 e. The number of aromatic nitrogens is 1. The molecule has 0 spiro atoms. The quantitative estimate of drug-likeness (QED) is 0.176. The lowest BCUT2D eigenvalue weighted by Gasteiger charge is -2.23. The molecule has 5 N–H and O–H groups in total. The van der Waals surface area contributed by atoms with E-state index >= 15 is 0 Å². The lowest BCUT2D eigenvalue weighted by atomic mass is 10.0. The Bertz CT molecular complexity index is 1510. The molecule has 1 aromatic heterocycles. The normalized spacial score (nSPS) is 12.1. The number of amides is 3. The summed E-state index contributed by atoms with van der Waals surface area (Å²) in [7, 11) is 0. The average molecular weight is 594 g/mol. The first-order valence-electron chi connectivity index (χ1n) is 14.7. The summed E-state index contributed by atoms with van der Waals surface area (Å²) in [4.78, 5) is 44.8. The third kappa shape index (κ3) is 9.50. The van der Waals surface area contributed by atoms with Gasteiger partial charge in [0.05, 0.1) is 6.61 Å². The van der Waals surface area contributed by atoms with Gasteiger partial charge in [0.2, 0.25) is 11.8 Å². The molecule has 9 nitrogen and oxygen atoms in total. The van der Waals surface area contributed by atoms with E-state index in [9.17, 15) is 14.4 Å². The Morgan fingerprint density at radius 3 is 2.07 bits per heavy atom. The van der Waals surface area contributed by atoms with Gasteiger partial charge in [-0.25, -0.2) is 0 Å². The SMILES string of the molecule is CCOc1ccc(C[C@@H](NC(=O)c2ccc(C)cc2)C(=O)N[C@@H](Cc2ccccn2)C(=O)NCc2ccc(CN)cc2)cc1. The van der Waals surface area contributed by atoms with E-state index in [2.05, 4.69) is 20.9 Å². The molecule has 44 heavy (non-hydrogen) atoms. The van der Waals surface area contributed by atoms with Crippen LogP contribution in [0.15, 0.2) is 97.2 Å². The van der Waals surface area contributed by atoms with Crippen molar-refractivity contribution in [1.29, 1.82) is 0 Å². The van der Waals surface area contributed by atoms with Gasteiger partial charge in [0.15, 0.2) is 0 Å². The maximum absolute atomic E-state index is 13.8. The second-order valence-electron chi connectivity index (χ2n) is 10.5. The Balaban J connectivity index is 1.53. The first-order chi connectivity index (χ1) is 21.3. The molecule has 1 heterocycles. The fourth-order valence-corrected chi connectivity index (χ4v) is 4.60. The molecular formula is C35H39N5O4. The molecule has 0 saturated heterocycles. The van der Waals surface area contributed by atoms with Crippen LogP contribution in [0.25, 0.3) is 0 Å². The third-order valence-electron chi connectivity index (χ3n) is 7.11. The molecule has 9 heteroatoms. The van der Waals surface area contributed by atoms with E-state index in [1.807, 2.05) is 80.6 Å². The second kappa shape index (κ2) is 16.0. The Hall–Kier alpha value is -5.02. The monoisotopic (exact) mass is 593 g/mol. The third-order valence-corrected chi connectivity index (χ3v) is 7.11. The number of pyridine rings is 1. The number of ether oxygens (including phenoxy) is 1. The summed E-state index contributed by atoms with van der Waals surface area (Å²) < 4.78 is 5.54.